The van der Waals surface area contributed by atoms with Crippen LogP contribution in [0.2, 0.25) is 0 Å². The molecule has 186 valence electrons. The first kappa shape index (κ1) is 24.2. The summed E-state index contributed by atoms with van der Waals surface area (Å²) in [6, 6.07) is 18.9. The summed E-state index contributed by atoms with van der Waals surface area (Å²) in [6.07, 6.45) is 16.5. The van der Waals surface area contributed by atoms with Crippen LogP contribution in [0.5, 0.6) is 0 Å². The molecule has 2 atom stereocenters. The lowest BCUT2D eigenvalue weighted by molar-refractivity contribution is -0.121. The summed E-state index contributed by atoms with van der Waals surface area (Å²) in [5, 5.41) is 4.35. The molecule has 5 rings (SSSR count). The number of pyridine rings is 2. The molecule has 36 heavy (non-hydrogen) atoms. The fourth-order valence-corrected chi connectivity index (χ4v) is 5.93. The number of carbonyl (C=O) groups excluding carboxylic acids is 1. The monoisotopic (exact) mass is 480 g/mol. The number of fused-ring (bicyclic) bond motifs is 1. The molecule has 1 fully saturated rings. The first-order chi connectivity index (χ1) is 17.7. The van der Waals surface area contributed by atoms with Gasteiger partial charge in [-0.15, -0.1) is 0 Å². The molecule has 1 amide bonds. The van der Waals surface area contributed by atoms with Crippen molar-refractivity contribution < 1.29 is 4.79 Å². The van der Waals surface area contributed by atoms with Gasteiger partial charge in [0.2, 0.25) is 5.91 Å². The molecule has 1 N–H and O–H groups in total. The topological polar surface area (TPSA) is 59.8 Å². The Hall–Kier alpha value is -3.47. The van der Waals surface area contributed by atoms with Crippen LogP contribution in [0.25, 0.3) is 22.2 Å². The predicted octanol–water partition coefficient (Wildman–Crippen LogP) is 7.66. The van der Waals surface area contributed by atoms with Crippen molar-refractivity contribution in [1.29, 1.82) is 0 Å². The Labute approximate surface area is 214 Å². The lowest BCUT2D eigenvalue weighted by Crippen LogP contribution is -2.28. The van der Waals surface area contributed by atoms with Crippen LogP contribution in [0, 0.1) is 11.8 Å². The molecule has 0 bridgehead atoms. The van der Waals surface area contributed by atoms with Gasteiger partial charge in [-0.05, 0) is 67.9 Å². The van der Waals surface area contributed by atoms with Crippen molar-refractivity contribution in [3.05, 3.63) is 79.4 Å². The Morgan fingerprint density at radius 2 is 1.78 bits per heavy atom. The Kier molecular flexibility index (Phi) is 7.75. The molecule has 2 unspecified atom stereocenters. The summed E-state index contributed by atoms with van der Waals surface area (Å²) in [4.78, 5) is 22.1. The zero-order valence-corrected chi connectivity index (χ0v) is 21.1. The average molecular weight is 481 g/mol. The zero-order chi connectivity index (χ0) is 24.7. The van der Waals surface area contributed by atoms with E-state index in [9.17, 15) is 4.79 Å². The first-order valence-corrected chi connectivity index (χ1v) is 13.5. The number of aromatic nitrogens is 3. The van der Waals surface area contributed by atoms with Crippen molar-refractivity contribution in [2.24, 2.45) is 11.8 Å². The lowest BCUT2D eigenvalue weighted by atomic mass is 9.85. The minimum absolute atomic E-state index is 0.0672. The van der Waals surface area contributed by atoms with Gasteiger partial charge in [0.1, 0.15) is 5.65 Å². The lowest BCUT2D eigenvalue weighted by Gasteiger charge is -2.24. The highest BCUT2D eigenvalue weighted by molar-refractivity contribution is 5.94. The summed E-state index contributed by atoms with van der Waals surface area (Å²) >= 11 is 0. The molecule has 1 saturated carbocycles. The van der Waals surface area contributed by atoms with Crippen molar-refractivity contribution in [3.8, 4) is 11.1 Å². The fourth-order valence-electron chi connectivity index (χ4n) is 5.93. The number of amides is 1. The van der Waals surface area contributed by atoms with E-state index in [0.29, 0.717) is 12.0 Å². The van der Waals surface area contributed by atoms with Crippen molar-refractivity contribution in [2.45, 2.75) is 64.3 Å². The van der Waals surface area contributed by atoms with Gasteiger partial charge in [0, 0.05) is 53.4 Å². The van der Waals surface area contributed by atoms with E-state index in [-0.39, 0.29) is 11.8 Å². The van der Waals surface area contributed by atoms with Crippen molar-refractivity contribution >= 4 is 22.6 Å². The molecule has 3 heterocycles. The summed E-state index contributed by atoms with van der Waals surface area (Å²) in [7, 11) is 0. The molecule has 1 aliphatic carbocycles. The average Bonchev–Trinajstić information content (AvgIpc) is 3.59. The number of benzene rings is 1. The maximum absolute atomic E-state index is 13.3. The molecular weight excluding hydrogens is 444 g/mol. The third kappa shape index (κ3) is 5.35. The third-order valence-corrected chi connectivity index (χ3v) is 7.85. The molecule has 5 nitrogen and oxygen atoms in total. The van der Waals surface area contributed by atoms with Gasteiger partial charge >= 0.3 is 0 Å². The number of rotatable bonds is 10. The Bertz CT molecular complexity index is 1260. The third-order valence-electron chi connectivity index (χ3n) is 7.85. The highest BCUT2D eigenvalue weighted by Gasteiger charge is 2.30. The van der Waals surface area contributed by atoms with E-state index in [1.165, 1.54) is 29.4 Å². The first-order valence-electron chi connectivity index (χ1n) is 13.5. The van der Waals surface area contributed by atoms with E-state index >= 15 is 0 Å². The molecule has 0 aliphatic heterocycles. The highest BCUT2D eigenvalue weighted by atomic mass is 16.1. The number of hydrogen-bond donors (Lipinski definition) is 1. The van der Waals surface area contributed by atoms with Crippen LogP contribution in [-0.2, 0) is 4.79 Å². The van der Waals surface area contributed by atoms with Crippen molar-refractivity contribution in [1.82, 2.24) is 14.5 Å². The number of carbonyl (C=O) groups is 1. The highest BCUT2D eigenvalue weighted by Crippen LogP contribution is 2.37. The van der Waals surface area contributed by atoms with Crippen molar-refractivity contribution in [2.75, 3.05) is 5.32 Å². The van der Waals surface area contributed by atoms with Crippen LogP contribution in [0.3, 0.4) is 0 Å². The minimum atomic E-state index is 0.0672. The summed E-state index contributed by atoms with van der Waals surface area (Å²) in [6.45, 7) is 2.26. The van der Waals surface area contributed by atoms with Crippen LogP contribution in [0.15, 0.2) is 79.4 Å². The minimum Gasteiger partial charge on any atom is -0.329 e. The second-order valence-corrected chi connectivity index (χ2v) is 10.1. The summed E-state index contributed by atoms with van der Waals surface area (Å²) < 4.78 is 2.37. The van der Waals surface area contributed by atoms with Crippen LogP contribution < -0.4 is 5.32 Å². The van der Waals surface area contributed by atoms with Gasteiger partial charge in [-0.3, -0.25) is 9.78 Å². The Morgan fingerprint density at radius 3 is 2.53 bits per heavy atom. The van der Waals surface area contributed by atoms with Gasteiger partial charge in [0.15, 0.2) is 0 Å². The largest absolute Gasteiger partial charge is 0.329 e. The maximum atomic E-state index is 13.3. The molecule has 1 aliphatic rings. The quantitative estimate of drug-likeness (QED) is 0.253. The molecule has 0 spiro atoms. The van der Waals surface area contributed by atoms with Crippen LogP contribution in [-0.4, -0.2) is 20.4 Å². The Morgan fingerprint density at radius 1 is 1.00 bits per heavy atom. The number of nitrogens with one attached hydrogen (secondary N) is 1. The van der Waals surface area contributed by atoms with Crippen LogP contribution in [0.1, 0.15) is 64.3 Å². The number of anilines is 1. The van der Waals surface area contributed by atoms with Crippen LogP contribution >= 0.6 is 0 Å². The van der Waals surface area contributed by atoms with E-state index in [0.717, 1.165) is 49.9 Å². The molecule has 3 aromatic heterocycles. The SMILES string of the molecule is CCC(CCCC(C(=O)Nc1ccncc1)C1CCCC1)n1cc(-c2ccccc2)c2cccnc21. The molecule has 5 heteroatoms. The van der Waals surface area contributed by atoms with E-state index in [1.807, 2.05) is 24.4 Å². The number of hydrogen-bond acceptors (Lipinski definition) is 3. The molecule has 0 saturated heterocycles. The van der Waals surface area contributed by atoms with E-state index in [4.69, 9.17) is 4.98 Å². The van der Waals surface area contributed by atoms with Gasteiger partial charge in [0.25, 0.3) is 0 Å². The van der Waals surface area contributed by atoms with Gasteiger partial charge in [-0.2, -0.15) is 0 Å². The smallest absolute Gasteiger partial charge is 0.227 e. The standard InChI is InChI=1S/C31H36N4O/c1-2-26(35-22-29(24-10-4-3-5-11-24)28-16-9-19-33-30(28)35)14-8-15-27(23-12-6-7-13-23)31(36)34-25-17-20-32-21-18-25/h3-5,9-11,16-23,26-27H,2,6-8,12-15H2,1H3,(H,32,34,36). The normalized spacial score (nSPS) is 15.7. The second kappa shape index (κ2) is 11.5. The van der Waals surface area contributed by atoms with E-state index < -0.39 is 0 Å². The maximum Gasteiger partial charge on any atom is 0.227 e. The number of nitrogens with zero attached hydrogens (tertiary/aromatic N) is 3. The van der Waals surface area contributed by atoms with E-state index in [2.05, 4.69) is 64.4 Å². The zero-order valence-electron chi connectivity index (χ0n) is 21.1. The fraction of sp³-hybridized carbons (Fsp3) is 0.387. The van der Waals surface area contributed by atoms with Crippen LogP contribution in [0.4, 0.5) is 5.69 Å². The van der Waals surface area contributed by atoms with Gasteiger partial charge in [0.05, 0.1) is 0 Å². The summed E-state index contributed by atoms with van der Waals surface area (Å²) in [5.74, 6) is 0.726. The van der Waals surface area contributed by atoms with Gasteiger partial charge in [-0.25, -0.2) is 4.98 Å². The van der Waals surface area contributed by atoms with Crippen molar-refractivity contribution in [3.63, 3.8) is 0 Å². The predicted molar refractivity (Wildman–Crippen MR) is 147 cm³/mol. The van der Waals surface area contributed by atoms with Gasteiger partial charge < -0.3 is 9.88 Å². The Balaban J connectivity index is 1.32. The molecule has 4 aromatic rings. The summed E-state index contributed by atoms with van der Waals surface area (Å²) in [5.41, 5.74) is 4.34. The molecule has 0 radical (unpaired) electrons. The second-order valence-electron chi connectivity index (χ2n) is 10.1. The molecule has 1 aromatic carbocycles. The molecular formula is C31H36N4O. The van der Waals surface area contributed by atoms with E-state index in [1.54, 1.807) is 12.4 Å². The van der Waals surface area contributed by atoms with Gasteiger partial charge in [-0.1, -0.05) is 56.5 Å².